The van der Waals surface area contributed by atoms with Crippen LogP contribution < -0.4 is 31.5 Å². The molecular weight excluding hydrogens is 1060 g/mol. The molecule has 1 saturated heterocycles. The number of aliphatic hydroxyl groups excluding tert-OH is 2. The van der Waals surface area contributed by atoms with Crippen molar-refractivity contribution in [3.05, 3.63) is 70.6 Å². The maximum atomic E-state index is 12.9. The first-order chi connectivity index (χ1) is 34.9. The lowest BCUT2D eigenvalue weighted by molar-refractivity contribution is -0.700. The van der Waals surface area contributed by atoms with Gasteiger partial charge in [-0.05, 0) is 69.9 Å². The van der Waals surface area contributed by atoms with E-state index in [1.54, 1.807) is 22.8 Å². The first-order valence-corrected chi connectivity index (χ1v) is 29.1. The third-order valence-electron chi connectivity index (χ3n) is 11.6. The third kappa shape index (κ3) is 16.0. The number of ether oxygens (including phenoxy) is 1. The Hall–Kier alpha value is -5.06. The zero-order valence-corrected chi connectivity index (χ0v) is 43.5. The van der Waals surface area contributed by atoms with E-state index >= 15 is 0 Å². The number of imidazole rings is 1. The normalized spacial score (nSPS) is 19.0. The SMILES string of the molecule is CCN(CC)c1ccc2cc(/C=C/c3ccc(S(=O)(=O)[O-])c[n+]3CCCCCC(=O)NCCCCCCNc3nc4c(N)ncnc4n3[C@@H]3O[C@H](COP(=O)(O)OP(=O)(O)OP(=O)(O)O)[C@@H](O)[C@H]3O)c(=O)oc2c1. The Kier molecular flexibility index (Phi) is 19.8. The molecule has 1 aromatic carbocycles. The maximum Gasteiger partial charge on any atom is 0.490 e. The van der Waals surface area contributed by atoms with Crippen LogP contribution in [0, 0.1) is 0 Å². The first-order valence-electron chi connectivity index (χ1n) is 23.2. The van der Waals surface area contributed by atoms with Crippen LogP contribution in [-0.2, 0) is 53.0 Å². The van der Waals surface area contributed by atoms with Crippen molar-refractivity contribution in [1.82, 2.24) is 24.8 Å². The Labute approximate surface area is 423 Å². The number of carbonyl (C=O) groups excluding carboxylic acids is 1. The van der Waals surface area contributed by atoms with Gasteiger partial charge in [0, 0.05) is 68.3 Å². The molecule has 1 aliphatic rings. The standard InChI is InChI=1S/C42H58N9O19P3S/c1-3-49(4-2)30-16-13-27-22-28(41(55)68-32(27)23-30)14-15-29-17-18-31(74(63,64)65)24-50(29)21-11-7-8-12-34(52)44-19-9-5-6-10-20-45-42-48-35-38(43)46-26-47-39(35)51(42)40-37(54)36(53)33(67-40)25-66-72(59,60)70-73(61,62)69-71(56,57)58/h13-18,22-24,26,33,36-37,40,53-54H,3-12,19-21,25H2,1-2H3,(H8-,43,44,45,46,47,48,52,56,57,58,59,60,61,62,63,64,65)/t33-,36-,37-,40-/m1/s1. The van der Waals surface area contributed by atoms with Crippen molar-refractivity contribution < 1.29 is 88.1 Å². The fourth-order valence-corrected chi connectivity index (χ4v) is 11.4. The number of rotatable bonds is 28. The molecule has 6 atom stereocenters. The van der Waals surface area contributed by atoms with E-state index in [0.29, 0.717) is 69.4 Å². The van der Waals surface area contributed by atoms with Gasteiger partial charge in [0.25, 0.3) is 0 Å². The number of nitrogens with zero attached hydrogens (tertiary/aromatic N) is 6. The monoisotopic (exact) mass is 1120 g/mol. The number of nitrogens with two attached hydrogens (primary N) is 1. The number of aliphatic hydroxyl groups is 2. The minimum absolute atomic E-state index is 0.0314. The number of aromatic nitrogens is 5. The summed E-state index contributed by atoms with van der Waals surface area (Å²) in [5.41, 5.74) is 7.85. The molecule has 0 aliphatic carbocycles. The van der Waals surface area contributed by atoms with Crippen LogP contribution in [0.15, 0.2) is 63.0 Å². The molecule has 5 heterocycles. The number of aryl methyl sites for hydroxylation is 1. The summed E-state index contributed by atoms with van der Waals surface area (Å²) in [6.45, 7) is 5.70. The molecule has 406 valence electrons. The number of phosphoric acid groups is 3. The maximum absolute atomic E-state index is 12.9. The molecule has 6 rings (SSSR count). The van der Waals surface area contributed by atoms with Gasteiger partial charge in [-0.2, -0.15) is 13.2 Å². The molecule has 5 aromatic rings. The molecule has 10 N–H and O–H groups in total. The van der Waals surface area contributed by atoms with Crippen LogP contribution in [0.2, 0.25) is 0 Å². The Morgan fingerprint density at radius 1 is 0.932 bits per heavy atom. The number of pyridine rings is 1. The summed E-state index contributed by atoms with van der Waals surface area (Å²) in [4.78, 5) is 76.6. The largest absolute Gasteiger partial charge is 0.744 e. The van der Waals surface area contributed by atoms with Crippen molar-refractivity contribution in [3.63, 3.8) is 0 Å². The van der Waals surface area contributed by atoms with E-state index < -0.39 is 75.3 Å². The van der Waals surface area contributed by atoms with Gasteiger partial charge in [-0.1, -0.05) is 12.8 Å². The minimum atomic E-state index is -5.82. The number of carbonyl (C=O) groups is 1. The lowest BCUT2D eigenvalue weighted by Gasteiger charge is -2.20. The number of phosphoric ester groups is 1. The van der Waals surface area contributed by atoms with Gasteiger partial charge in [-0.25, -0.2) is 41.9 Å². The molecule has 1 aliphatic heterocycles. The van der Waals surface area contributed by atoms with Gasteiger partial charge >= 0.3 is 29.1 Å². The number of hydrogen-bond acceptors (Lipinski definition) is 21. The number of unbranched alkanes of at least 4 members (excludes halogenated alkanes) is 5. The molecule has 2 unspecified atom stereocenters. The molecule has 0 bridgehead atoms. The number of nitrogen functional groups attached to an aromatic ring is 1. The van der Waals surface area contributed by atoms with Crippen LogP contribution in [0.5, 0.6) is 0 Å². The van der Waals surface area contributed by atoms with Gasteiger partial charge in [0.05, 0.1) is 12.2 Å². The average molecular weight is 1120 g/mol. The number of benzene rings is 1. The van der Waals surface area contributed by atoms with Crippen molar-refractivity contribution in [1.29, 1.82) is 0 Å². The highest BCUT2D eigenvalue weighted by atomic mass is 32.2. The van der Waals surface area contributed by atoms with Crippen LogP contribution >= 0.6 is 23.5 Å². The summed E-state index contributed by atoms with van der Waals surface area (Å²) in [6, 6.07) is 10.1. The van der Waals surface area contributed by atoms with E-state index in [1.807, 2.05) is 32.0 Å². The zero-order chi connectivity index (χ0) is 54.0. The van der Waals surface area contributed by atoms with Gasteiger partial charge in [-0.3, -0.25) is 13.9 Å². The van der Waals surface area contributed by atoms with Crippen molar-refractivity contribution in [3.8, 4) is 0 Å². The van der Waals surface area contributed by atoms with Crippen LogP contribution in [0.25, 0.3) is 34.3 Å². The molecule has 28 nitrogen and oxygen atoms in total. The van der Waals surface area contributed by atoms with E-state index in [9.17, 15) is 56.3 Å². The second-order valence-electron chi connectivity index (χ2n) is 16.8. The van der Waals surface area contributed by atoms with Crippen LogP contribution in [-0.4, -0.2) is 119 Å². The first kappa shape index (κ1) is 58.2. The van der Waals surface area contributed by atoms with E-state index in [-0.39, 0.29) is 40.8 Å². The van der Waals surface area contributed by atoms with Gasteiger partial charge in [0.2, 0.25) is 17.5 Å². The number of hydrogen-bond donors (Lipinski definition) is 9. The molecule has 0 saturated carbocycles. The van der Waals surface area contributed by atoms with Crippen LogP contribution in [0.3, 0.4) is 0 Å². The minimum Gasteiger partial charge on any atom is -0.744 e. The summed E-state index contributed by atoms with van der Waals surface area (Å²) in [5.74, 6) is -0.0859. The lowest BCUT2D eigenvalue weighted by Crippen LogP contribution is -2.37. The van der Waals surface area contributed by atoms with Crippen molar-refractivity contribution in [2.45, 2.75) is 101 Å². The molecule has 4 aromatic heterocycles. The quantitative estimate of drug-likeness (QED) is 0.0114. The number of amides is 1. The number of nitrogens with one attached hydrogen (secondary N) is 2. The van der Waals surface area contributed by atoms with Gasteiger partial charge in [0.15, 0.2) is 29.4 Å². The Morgan fingerprint density at radius 3 is 2.35 bits per heavy atom. The summed E-state index contributed by atoms with van der Waals surface area (Å²) in [6.07, 6.45) is 3.70. The van der Waals surface area contributed by atoms with Gasteiger partial charge in [-0.15, -0.1) is 0 Å². The molecule has 0 spiro atoms. The molecule has 32 heteroatoms. The van der Waals surface area contributed by atoms with Gasteiger partial charge < -0.3 is 64.8 Å². The van der Waals surface area contributed by atoms with E-state index in [2.05, 4.69) is 43.6 Å². The number of anilines is 3. The summed E-state index contributed by atoms with van der Waals surface area (Å²) in [5, 5.41) is 28.4. The summed E-state index contributed by atoms with van der Waals surface area (Å²) in [7, 11) is -21.8. The lowest BCUT2D eigenvalue weighted by atomic mass is 10.1. The second-order valence-corrected chi connectivity index (χ2v) is 22.6. The Balaban J connectivity index is 0.931. The highest BCUT2D eigenvalue weighted by Gasteiger charge is 2.47. The average Bonchev–Trinajstić information content (AvgIpc) is 3.82. The Morgan fingerprint density at radius 2 is 1.65 bits per heavy atom. The predicted molar refractivity (Wildman–Crippen MR) is 263 cm³/mol. The van der Waals surface area contributed by atoms with Crippen molar-refractivity contribution in [2.75, 3.05) is 48.7 Å². The fraction of sp³-hybridized carbons (Fsp3) is 0.476. The van der Waals surface area contributed by atoms with E-state index in [0.717, 1.165) is 36.9 Å². The highest BCUT2D eigenvalue weighted by Crippen LogP contribution is 2.66. The van der Waals surface area contributed by atoms with Crippen molar-refractivity contribution >= 4 is 91.2 Å². The molecule has 1 amide bonds. The van der Waals surface area contributed by atoms with E-state index in [4.69, 9.17) is 24.7 Å². The Bertz CT molecular complexity index is 3130. The van der Waals surface area contributed by atoms with Crippen LogP contribution in [0.1, 0.15) is 82.7 Å². The smallest absolute Gasteiger partial charge is 0.490 e. The number of fused-ring (bicyclic) bond motifs is 2. The third-order valence-corrected chi connectivity index (χ3v) is 16.2. The van der Waals surface area contributed by atoms with Crippen LogP contribution in [0.4, 0.5) is 17.5 Å². The molecule has 0 radical (unpaired) electrons. The predicted octanol–water partition coefficient (Wildman–Crippen LogP) is 3.03. The topological polar surface area (TPSA) is 415 Å². The molecule has 74 heavy (non-hydrogen) atoms. The van der Waals surface area contributed by atoms with Crippen molar-refractivity contribution in [2.24, 2.45) is 0 Å². The summed E-state index contributed by atoms with van der Waals surface area (Å²) >= 11 is 0. The van der Waals surface area contributed by atoms with Gasteiger partial charge in [0.1, 0.15) is 51.8 Å². The molecule has 1 fully saturated rings. The second kappa shape index (κ2) is 25.2. The molecular formula is C42H58N9O19P3S. The van der Waals surface area contributed by atoms with E-state index in [1.165, 1.54) is 22.9 Å². The highest BCUT2D eigenvalue weighted by molar-refractivity contribution is 7.85. The zero-order valence-electron chi connectivity index (χ0n) is 40.0. The summed E-state index contributed by atoms with van der Waals surface area (Å²) < 4.78 is 96.7. The fourth-order valence-electron chi connectivity index (χ4n) is 7.93.